The zero-order valence-electron chi connectivity index (χ0n) is 10.2. The third-order valence-corrected chi connectivity index (χ3v) is 3.06. The Balaban J connectivity index is 1.96. The molecule has 2 heterocycles. The lowest BCUT2D eigenvalue weighted by Crippen LogP contribution is -2.43. The van der Waals surface area contributed by atoms with Gasteiger partial charge in [-0.05, 0) is 19.8 Å². The molecule has 0 aliphatic carbocycles. The Morgan fingerprint density at radius 2 is 2.33 bits per heavy atom. The average Bonchev–Trinajstić information content (AvgIpc) is 2.82. The van der Waals surface area contributed by atoms with Crippen LogP contribution in [0.3, 0.4) is 0 Å². The Hall–Kier alpha value is -1.87. The number of carbonyl (C=O) groups excluding carboxylic acids is 1. The normalized spacial score (nSPS) is 18.0. The minimum atomic E-state index is -0.972. The van der Waals surface area contributed by atoms with Crippen molar-refractivity contribution in [3.05, 3.63) is 17.8 Å². The van der Waals surface area contributed by atoms with Crippen LogP contribution in [0.25, 0.3) is 0 Å². The molecule has 1 saturated heterocycles. The topological polar surface area (TPSA) is 88.2 Å². The Labute approximate surface area is 105 Å². The van der Waals surface area contributed by atoms with Crippen molar-refractivity contribution in [2.75, 3.05) is 13.2 Å². The van der Waals surface area contributed by atoms with Gasteiger partial charge in [-0.3, -0.25) is 4.79 Å². The second kappa shape index (κ2) is 5.19. The monoisotopic (exact) mass is 249 g/mol. The second-order valence-electron chi connectivity index (χ2n) is 4.35. The summed E-state index contributed by atoms with van der Waals surface area (Å²) in [6.07, 6.45) is 2.45. The zero-order valence-corrected chi connectivity index (χ0v) is 10.2. The van der Waals surface area contributed by atoms with Crippen LogP contribution >= 0.6 is 0 Å². The Kier molecular flexibility index (Phi) is 3.63. The van der Waals surface area contributed by atoms with Crippen LogP contribution in [0.5, 0.6) is 0 Å². The van der Waals surface area contributed by atoms with Gasteiger partial charge in [0.1, 0.15) is 11.2 Å². The van der Waals surface area contributed by atoms with E-state index in [-0.39, 0.29) is 12.5 Å². The van der Waals surface area contributed by atoms with Crippen molar-refractivity contribution in [3.8, 4) is 6.07 Å². The van der Waals surface area contributed by atoms with Gasteiger partial charge in [0, 0.05) is 13.2 Å². The summed E-state index contributed by atoms with van der Waals surface area (Å²) in [6.45, 7) is 2.88. The van der Waals surface area contributed by atoms with Gasteiger partial charge in [0.2, 0.25) is 11.8 Å². The predicted octanol–water partition coefficient (Wildman–Crippen LogP) is 0.920. The molecule has 1 aromatic heterocycles. The van der Waals surface area contributed by atoms with Crippen LogP contribution in [0.15, 0.2) is 10.6 Å². The highest BCUT2D eigenvalue weighted by Crippen LogP contribution is 2.29. The number of aryl methyl sites for hydroxylation is 1. The van der Waals surface area contributed by atoms with Crippen molar-refractivity contribution in [1.82, 2.24) is 10.3 Å². The number of hydrogen-bond acceptors (Lipinski definition) is 5. The molecule has 0 spiro atoms. The zero-order chi connectivity index (χ0) is 13.0. The van der Waals surface area contributed by atoms with E-state index in [2.05, 4.69) is 16.4 Å². The molecule has 0 radical (unpaired) electrons. The van der Waals surface area contributed by atoms with E-state index < -0.39 is 5.41 Å². The number of rotatable bonds is 3. The van der Waals surface area contributed by atoms with Crippen LogP contribution < -0.4 is 5.32 Å². The van der Waals surface area contributed by atoms with E-state index in [0.29, 0.717) is 37.7 Å². The maximum absolute atomic E-state index is 12.1. The highest BCUT2D eigenvalue weighted by Gasteiger charge is 2.40. The quantitative estimate of drug-likeness (QED) is 0.860. The first kappa shape index (κ1) is 12.6. The molecule has 1 aromatic rings. The molecule has 0 aromatic carbocycles. The van der Waals surface area contributed by atoms with Crippen LogP contribution in [-0.2, 0) is 16.1 Å². The van der Waals surface area contributed by atoms with Gasteiger partial charge in [-0.25, -0.2) is 4.98 Å². The number of amides is 1. The molecule has 1 aliphatic heterocycles. The first-order chi connectivity index (χ1) is 8.66. The number of nitrogens with zero attached hydrogens (tertiary/aromatic N) is 2. The van der Waals surface area contributed by atoms with Gasteiger partial charge in [-0.1, -0.05) is 0 Å². The van der Waals surface area contributed by atoms with E-state index in [1.165, 1.54) is 0 Å². The molecule has 6 heteroatoms. The average molecular weight is 249 g/mol. The summed E-state index contributed by atoms with van der Waals surface area (Å²) in [6, 6.07) is 2.12. The lowest BCUT2D eigenvalue weighted by molar-refractivity contribution is -0.132. The van der Waals surface area contributed by atoms with E-state index in [1.54, 1.807) is 13.1 Å². The lowest BCUT2D eigenvalue weighted by Gasteiger charge is -2.28. The standard InChI is InChI=1S/C12H15N3O3/c1-9-6-14-10(18-9)7-15-11(16)12(8-13)2-4-17-5-3-12/h6H,2-5,7H2,1H3,(H,15,16). The maximum atomic E-state index is 12.1. The Bertz CT molecular complexity index is 469. The third kappa shape index (κ3) is 2.51. The molecular weight excluding hydrogens is 234 g/mol. The van der Waals surface area contributed by atoms with Gasteiger partial charge >= 0.3 is 0 Å². The predicted molar refractivity (Wildman–Crippen MR) is 61.2 cm³/mol. The van der Waals surface area contributed by atoms with Gasteiger partial charge in [0.25, 0.3) is 0 Å². The SMILES string of the molecule is Cc1cnc(CNC(=O)C2(C#N)CCOCC2)o1. The van der Waals surface area contributed by atoms with Gasteiger partial charge in [0.05, 0.1) is 18.8 Å². The van der Waals surface area contributed by atoms with Crippen LogP contribution in [0, 0.1) is 23.7 Å². The fourth-order valence-corrected chi connectivity index (χ4v) is 1.92. The van der Waals surface area contributed by atoms with Gasteiger partial charge in [-0.2, -0.15) is 5.26 Å². The number of oxazole rings is 1. The number of ether oxygens (including phenoxy) is 1. The molecule has 96 valence electrons. The van der Waals surface area contributed by atoms with E-state index >= 15 is 0 Å². The summed E-state index contributed by atoms with van der Waals surface area (Å²) < 4.78 is 10.4. The maximum Gasteiger partial charge on any atom is 0.241 e. The van der Waals surface area contributed by atoms with E-state index in [4.69, 9.17) is 9.15 Å². The van der Waals surface area contributed by atoms with Crippen molar-refractivity contribution in [1.29, 1.82) is 5.26 Å². The molecular formula is C12H15N3O3. The van der Waals surface area contributed by atoms with E-state index in [0.717, 1.165) is 0 Å². The van der Waals surface area contributed by atoms with E-state index in [1.807, 2.05) is 0 Å². The first-order valence-electron chi connectivity index (χ1n) is 5.85. The minimum Gasteiger partial charge on any atom is -0.444 e. The molecule has 18 heavy (non-hydrogen) atoms. The molecule has 1 aliphatic rings. The smallest absolute Gasteiger partial charge is 0.241 e. The highest BCUT2D eigenvalue weighted by molar-refractivity contribution is 5.85. The van der Waals surface area contributed by atoms with Crippen LogP contribution in [0.4, 0.5) is 0 Å². The number of carbonyl (C=O) groups is 1. The lowest BCUT2D eigenvalue weighted by atomic mass is 9.81. The molecule has 6 nitrogen and oxygen atoms in total. The Morgan fingerprint density at radius 1 is 1.61 bits per heavy atom. The summed E-state index contributed by atoms with van der Waals surface area (Å²) in [5.74, 6) is 0.866. The number of nitriles is 1. The number of aromatic nitrogens is 1. The third-order valence-electron chi connectivity index (χ3n) is 3.06. The highest BCUT2D eigenvalue weighted by atomic mass is 16.5. The number of nitrogens with one attached hydrogen (secondary N) is 1. The largest absolute Gasteiger partial charge is 0.444 e. The summed E-state index contributed by atoms with van der Waals surface area (Å²) in [5.41, 5.74) is -0.972. The fraction of sp³-hybridized carbons (Fsp3) is 0.583. The summed E-state index contributed by atoms with van der Waals surface area (Å²) >= 11 is 0. The van der Waals surface area contributed by atoms with Crippen molar-refractivity contribution in [3.63, 3.8) is 0 Å². The van der Waals surface area contributed by atoms with Gasteiger partial charge in [-0.15, -0.1) is 0 Å². The Morgan fingerprint density at radius 3 is 2.89 bits per heavy atom. The molecule has 2 rings (SSSR count). The molecule has 1 amide bonds. The van der Waals surface area contributed by atoms with Crippen LogP contribution in [0.2, 0.25) is 0 Å². The minimum absolute atomic E-state index is 0.205. The first-order valence-corrected chi connectivity index (χ1v) is 5.85. The number of hydrogen-bond donors (Lipinski definition) is 1. The van der Waals surface area contributed by atoms with Crippen LogP contribution in [0.1, 0.15) is 24.5 Å². The van der Waals surface area contributed by atoms with Gasteiger partial charge in [0.15, 0.2) is 0 Å². The molecule has 0 unspecified atom stereocenters. The molecule has 1 fully saturated rings. The van der Waals surface area contributed by atoms with Crippen LogP contribution in [-0.4, -0.2) is 24.1 Å². The van der Waals surface area contributed by atoms with E-state index in [9.17, 15) is 10.1 Å². The summed E-state index contributed by atoms with van der Waals surface area (Å²) in [7, 11) is 0. The molecule has 0 bridgehead atoms. The molecule has 0 atom stereocenters. The van der Waals surface area contributed by atoms with Crippen molar-refractivity contribution < 1.29 is 13.9 Å². The fourth-order valence-electron chi connectivity index (χ4n) is 1.92. The molecule has 1 N–H and O–H groups in total. The summed E-state index contributed by atoms with van der Waals surface area (Å²) in [4.78, 5) is 16.1. The van der Waals surface area contributed by atoms with Gasteiger partial charge < -0.3 is 14.5 Å². The van der Waals surface area contributed by atoms with Crippen molar-refractivity contribution in [2.24, 2.45) is 5.41 Å². The second-order valence-corrected chi connectivity index (χ2v) is 4.35. The van der Waals surface area contributed by atoms with Crippen molar-refractivity contribution in [2.45, 2.75) is 26.3 Å². The summed E-state index contributed by atoms with van der Waals surface area (Å²) in [5, 5.41) is 11.9. The van der Waals surface area contributed by atoms with Crippen molar-refractivity contribution >= 4 is 5.91 Å². The molecule has 0 saturated carbocycles.